The zero-order chi connectivity index (χ0) is 14.5. The van der Waals surface area contributed by atoms with Gasteiger partial charge < -0.3 is 5.32 Å². The Hall–Kier alpha value is -1.83. The third-order valence-corrected chi connectivity index (χ3v) is 3.36. The van der Waals surface area contributed by atoms with Crippen molar-refractivity contribution < 1.29 is 13.2 Å². The van der Waals surface area contributed by atoms with Crippen molar-refractivity contribution >= 4 is 23.3 Å². The van der Waals surface area contributed by atoms with Gasteiger partial charge in [-0.3, -0.25) is 4.79 Å². The molecule has 0 unspecified atom stereocenters. The Balaban J connectivity index is 2.23. The van der Waals surface area contributed by atoms with Crippen molar-refractivity contribution in [3.8, 4) is 0 Å². The molecule has 106 valence electrons. The first-order chi connectivity index (χ1) is 9.38. The molecule has 1 aliphatic carbocycles. The van der Waals surface area contributed by atoms with Crippen molar-refractivity contribution in [1.82, 2.24) is 9.66 Å². The van der Waals surface area contributed by atoms with E-state index in [9.17, 15) is 18.0 Å². The second kappa shape index (κ2) is 4.34. The van der Waals surface area contributed by atoms with E-state index in [1.54, 1.807) is 0 Å². The molecule has 0 spiro atoms. The predicted octanol–water partition coefficient (Wildman–Crippen LogP) is 2.61. The molecule has 0 amide bonds. The summed E-state index contributed by atoms with van der Waals surface area (Å²) < 4.78 is 39.0. The molecule has 0 saturated carbocycles. The van der Waals surface area contributed by atoms with Gasteiger partial charge in [-0.15, -0.1) is 0 Å². The molecule has 0 bridgehead atoms. The lowest BCUT2D eigenvalue weighted by molar-refractivity contribution is -0.141. The first-order valence-corrected chi connectivity index (χ1v) is 6.21. The Morgan fingerprint density at radius 2 is 2.15 bits per heavy atom. The Bertz CT molecular complexity index is 705. The largest absolute Gasteiger partial charge is 0.435 e. The number of hydrogen-bond acceptors (Lipinski definition) is 4. The second-order valence-electron chi connectivity index (χ2n) is 4.39. The molecule has 3 rings (SSSR count). The standard InChI is InChI=1S/C11H8ClF3N4O/c12-7-8(11(13,14)15)17-10-16-5-3-1-2-4-6(5)18-19(10)9(7)20/h3H,1-2,4H2,(H,16,17). The summed E-state index contributed by atoms with van der Waals surface area (Å²) in [6, 6.07) is 0. The Kier molecular flexibility index (Phi) is 2.86. The summed E-state index contributed by atoms with van der Waals surface area (Å²) in [5, 5.41) is 5.75. The highest BCUT2D eigenvalue weighted by Gasteiger charge is 2.38. The molecule has 1 N–H and O–H groups in total. The van der Waals surface area contributed by atoms with Gasteiger partial charge in [-0.25, -0.2) is 4.98 Å². The summed E-state index contributed by atoms with van der Waals surface area (Å²) in [6.45, 7) is 0. The fraction of sp³-hybridized carbons (Fsp3) is 0.364. The molecule has 9 heteroatoms. The highest BCUT2D eigenvalue weighted by molar-refractivity contribution is 6.31. The molecular weight excluding hydrogens is 297 g/mol. The minimum Gasteiger partial charge on any atom is -0.323 e. The topological polar surface area (TPSA) is 59.3 Å². The molecule has 2 heterocycles. The molecule has 0 saturated heterocycles. The van der Waals surface area contributed by atoms with Crippen molar-refractivity contribution in [1.29, 1.82) is 0 Å². The van der Waals surface area contributed by atoms with E-state index in [1.807, 2.05) is 6.08 Å². The quantitative estimate of drug-likeness (QED) is 0.801. The maximum Gasteiger partial charge on any atom is 0.435 e. The van der Waals surface area contributed by atoms with Crippen molar-refractivity contribution in [2.24, 2.45) is 5.10 Å². The van der Waals surface area contributed by atoms with Gasteiger partial charge in [0.1, 0.15) is 5.02 Å². The van der Waals surface area contributed by atoms with E-state index >= 15 is 0 Å². The zero-order valence-electron chi connectivity index (χ0n) is 9.96. The Labute approximate surface area is 115 Å². The Morgan fingerprint density at radius 3 is 2.85 bits per heavy atom. The smallest absolute Gasteiger partial charge is 0.323 e. The third-order valence-electron chi connectivity index (χ3n) is 3.02. The fourth-order valence-corrected chi connectivity index (χ4v) is 2.32. The lowest BCUT2D eigenvalue weighted by Gasteiger charge is -2.24. The number of anilines is 1. The zero-order valence-corrected chi connectivity index (χ0v) is 10.7. The summed E-state index contributed by atoms with van der Waals surface area (Å²) in [7, 11) is 0. The molecule has 1 aromatic rings. The first kappa shape index (κ1) is 13.2. The molecule has 0 radical (unpaired) electrons. The Morgan fingerprint density at radius 1 is 1.40 bits per heavy atom. The number of nitrogens with one attached hydrogen (secondary N) is 1. The lowest BCUT2D eigenvalue weighted by Crippen LogP contribution is -2.33. The minimum atomic E-state index is -4.79. The van der Waals surface area contributed by atoms with Crippen molar-refractivity contribution in [3.63, 3.8) is 0 Å². The molecule has 20 heavy (non-hydrogen) atoms. The summed E-state index contributed by atoms with van der Waals surface area (Å²) in [5.41, 5.74) is -1.23. The van der Waals surface area contributed by atoms with Crippen LogP contribution in [0.1, 0.15) is 25.0 Å². The van der Waals surface area contributed by atoms with Gasteiger partial charge in [-0.1, -0.05) is 17.7 Å². The van der Waals surface area contributed by atoms with Gasteiger partial charge in [0.2, 0.25) is 5.95 Å². The van der Waals surface area contributed by atoms with Gasteiger partial charge in [-0.2, -0.15) is 22.9 Å². The van der Waals surface area contributed by atoms with Gasteiger partial charge in [-0.05, 0) is 19.3 Å². The average molecular weight is 305 g/mol. The van der Waals surface area contributed by atoms with E-state index in [0.29, 0.717) is 17.8 Å². The van der Waals surface area contributed by atoms with Crippen molar-refractivity contribution in [3.05, 3.63) is 32.8 Å². The third kappa shape index (κ3) is 2.00. The van der Waals surface area contributed by atoms with E-state index < -0.39 is 22.5 Å². The van der Waals surface area contributed by atoms with Crippen LogP contribution in [0.2, 0.25) is 5.02 Å². The highest BCUT2D eigenvalue weighted by Crippen LogP contribution is 2.33. The molecule has 5 nitrogen and oxygen atoms in total. The number of hydrogen-bond donors (Lipinski definition) is 1. The van der Waals surface area contributed by atoms with Gasteiger partial charge in [0.05, 0.1) is 11.4 Å². The van der Waals surface area contributed by atoms with Crippen LogP contribution < -0.4 is 10.9 Å². The molecular formula is C11H8ClF3N4O. The minimum absolute atomic E-state index is 0.274. The van der Waals surface area contributed by atoms with Crippen LogP contribution in [-0.2, 0) is 6.18 Å². The molecule has 0 aromatic carbocycles. The lowest BCUT2D eigenvalue weighted by atomic mass is 10.0. The summed E-state index contributed by atoms with van der Waals surface area (Å²) in [6.07, 6.45) is -0.664. The highest BCUT2D eigenvalue weighted by atomic mass is 35.5. The molecule has 0 atom stereocenters. The van der Waals surface area contributed by atoms with Crippen LogP contribution in [0.25, 0.3) is 0 Å². The van der Waals surface area contributed by atoms with Gasteiger partial charge in [0, 0.05) is 0 Å². The van der Waals surface area contributed by atoms with Crippen LogP contribution >= 0.6 is 11.6 Å². The monoisotopic (exact) mass is 304 g/mol. The van der Waals surface area contributed by atoms with Gasteiger partial charge >= 0.3 is 6.18 Å². The van der Waals surface area contributed by atoms with Gasteiger partial charge in [0.15, 0.2) is 5.69 Å². The summed E-state index contributed by atoms with van der Waals surface area (Å²) in [4.78, 5) is 15.3. The molecule has 1 aliphatic heterocycles. The maximum atomic E-state index is 12.8. The maximum absolute atomic E-state index is 12.8. The van der Waals surface area contributed by atoms with E-state index in [2.05, 4.69) is 15.4 Å². The van der Waals surface area contributed by atoms with Crippen LogP contribution in [-0.4, -0.2) is 15.4 Å². The number of aromatic nitrogens is 2. The summed E-state index contributed by atoms with van der Waals surface area (Å²) >= 11 is 5.46. The predicted molar refractivity (Wildman–Crippen MR) is 66.9 cm³/mol. The molecule has 2 aliphatic rings. The number of rotatable bonds is 0. The number of allylic oxidation sites excluding steroid dienone is 2. The van der Waals surface area contributed by atoms with Crippen LogP contribution in [0.5, 0.6) is 0 Å². The fourth-order valence-electron chi connectivity index (χ4n) is 2.09. The number of alkyl halides is 3. The molecule has 1 aromatic heterocycles. The van der Waals surface area contributed by atoms with Gasteiger partial charge in [0.25, 0.3) is 5.56 Å². The van der Waals surface area contributed by atoms with E-state index in [-0.39, 0.29) is 5.95 Å². The van der Waals surface area contributed by atoms with Crippen LogP contribution in [0, 0.1) is 0 Å². The van der Waals surface area contributed by atoms with Crippen molar-refractivity contribution in [2.45, 2.75) is 25.4 Å². The second-order valence-corrected chi connectivity index (χ2v) is 4.77. The number of halogens is 4. The summed E-state index contributed by atoms with van der Waals surface area (Å²) in [5.74, 6) is -0.274. The number of nitrogens with zero attached hydrogens (tertiary/aromatic N) is 3. The SMILES string of the molecule is O=c1c(Cl)c(C(F)(F)F)nc2n1N=C1CCCC=C1N2. The van der Waals surface area contributed by atoms with Crippen LogP contribution in [0.15, 0.2) is 21.7 Å². The first-order valence-electron chi connectivity index (χ1n) is 5.83. The van der Waals surface area contributed by atoms with E-state index in [4.69, 9.17) is 11.6 Å². The normalized spacial score (nSPS) is 17.6. The van der Waals surface area contributed by atoms with Crippen LogP contribution in [0.3, 0.4) is 0 Å². The van der Waals surface area contributed by atoms with E-state index in [1.165, 1.54) is 0 Å². The van der Waals surface area contributed by atoms with Crippen LogP contribution in [0.4, 0.5) is 19.1 Å². The van der Waals surface area contributed by atoms with Crippen molar-refractivity contribution in [2.75, 3.05) is 5.32 Å². The number of fused-ring (bicyclic) bond motifs is 2. The van der Waals surface area contributed by atoms with E-state index in [0.717, 1.165) is 17.5 Å². The molecule has 0 fully saturated rings. The average Bonchev–Trinajstić information content (AvgIpc) is 2.40.